The summed E-state index contributed by atoms with van der Waals surface area (Å²) in [5, 5.41) is 9.82. The van der Waals surface area contributed by atoms with Crippen molar-refractivity contribution in [2.75, 3.05) is 26.2 Å². The maximum Gasteiger partial charge on any atom is 0.421 e. The molecule has 1 fully saturated rings. The van der Waals surface area contributed by atoms with Crippen LogP contribution in [0.5, 0.6) is 0 Å². The minimum Gasteiger partial charge on any atom is -0.376 e. The Morgan fingerprint density at radius 2 is 1.59 bits per heavy atom. The molecule has 4 rings (SSSR count). The topological polar surface area (TPSA) is 72.5 Å². The van der Waals surface area contributed by atoms with E-state index in [-0.39, 0.29) is 11.5 Å². The minimum absolute atomic E-state index is 0.0935. The second-order valence-corrected chi connectivity index (χ2v) is 8.75. The van der Waals surface area contributed by atoms with Crippen molar-refractivity contribution in [2.45, 2.75) is 31.7 Å². The molecule has 1 aliphatic heterocycles. The van der Waals surface area contributed by atoms with Crippen LogP contribution in [0, 0.1) is 0 Å². The number of hydrogen-bond acceptors (Lipinski definition) is 4. The molecule has 2 aromatic carbocycles. The lowest BCUT2D eigenvalue weighted by atomic mass is 9.93. The van der Waals surface area contributed by atoms with Gasteiger partial charge in [0.1, 0.15) is 0 Å². The standard InChI is InChI=1S/C25H27F3N4O2/c1-24(34,25(26,27)28)21-8-6-20(7-9-21)19-4-2-18(3-5-19)16-31-10-12-32(13-11-31)23(33)14-22-15-29-17-30-22/h2-9,15,17,34H,10-14,16H2,1H3,(H,29,30). The van der Waals surface area contributed by atoms with Crippen LogP contribution in [0.15, 0.2) is 61.1 Å². The first-order valence-electron chi connectivity index (χ1n) is 11.1. The van der Waals surface area contributed by atoms with Crippen molar-refractivity contribution < 1.29 is 23.1 Å². The summed E-state index contributed by atoms with van der Waals surface area (Å²) in [5.74, 6) is 0.0935. The van der Waals surface area contributed by atoms with Gasteiger partial charge in [-0.15, -0.1) is 0 Å². The number of nitrogens with zero attached hydrogens (tertiary/aromatic N) is 3. The Morgan fingerprint density at radius 1 is 1.00 bits per heavy atom. The van der Waals surface area contributed by atoms with Crippen LogP contribution < -0.4 is 0 Å². The number of rotatable bonds is 6. The first-order chi connectivity index (χ1) is 16.1. The van der Waals surface area contributed by atoms with Gasteiger partial charge in [-0.3, -0.25) is 9.69 Å². The second-order valence-electron chi connectivity index (χ2n) is 8.75. The number of nitrogens with one attached hydrogen (secondary N) is 1. The number of benzene rings is 2. The molecule has 1 aromatic heterocycles. The number of halogens is 3. The van der Waals surface area contributed by atoms with E-state index in [0.29, 0.717) is 19.5 Å². The molecule has 1 aliphatic rings. The molecule has 180 valence electrons. The van der Waals surface area contributed by atoms with Gasteiger partial charge in [0, 0.05) is 44.6 Å². The Labute approximate surface area is 196 Å². The smallest absolute Gasteiger partial charge is 0.376 e. The van der Waals surface area contributed by atoms with Crippen molar-refractivity contribution in [3.63, 3.8) is 0 Å². The van der Waals surface area contributed by atoms with Crippen LogP contribution in [0.1, 0.15) is 23.7 Å². The highest BCUT2D eigenvalue weighted by molar-refractivity contribution is 5.78. The summed E-state index contributed by atoms with van der Waals surface area (Å²) in [5.41, 5.74) is 0.519. The van der Waals surface area contributed by atoms with Gasteiger partial charge in [-0.25, -0.2) is 4.98 Å². The number of imidazole rings is 1. The van der Waals surface area contributed by atoms with E-state index in [1.165, 1.54) is 12.1 Å². The quantitative estimate of drug-likeness (QED) is 0.574. The summed E-state index contributed by atoms with van der Waals surface area (Å²) in [7, 11) is 0. The van der Waals surface area contributed by atoms with E-state index in [4.69, 9.17) is 0 Å². The first kappa shape index (κ1) is 24.0. The van der Waals surface area contributed by atoms with Crippen molar-refractivity contribution in [3.05, 3.63) is 77.9 Å². The lowest BCUT2D eigenvalue weighted by molar-refractivity contribution is -0.258. The zero-order valence-corrected chi connectivity index (χ0v) is 18.8. The molecule has 3 aromatic rings. The van der Waals surface area contributed by atoms with Gasteiger partial charge in [-0.05, 0) is 29.2 Å². The number of carbonyl (C=O) groups is 1. The molecule has 1 amide bonds. The Bertz CT molecular complexity index is 1090. The average Bonchev–Trinajstić information content (AvgIpc) is 3.32. The molecule has 0 radical (unpaired) electrons. The lowest BCUT2D eigenvalue weighted by Crippen LogP contribution is -2.48. The molecule has 0 aliphatic carbocycles. The molecule has 2 N–H and O–H groups in total. The molecule has 2 heterocycles. The van der Waals surface area contributed by atoms with Crippen LogP contribution >= 0.6 is 0 Å². The van der Waals surface area contributed by atoms with Crippen molar-refractivity contribution >= 4 is 5.91 Å². The summed E-state index contributed by atoms with van der Waals surface area (Å²) >= 11 is 0. The molecule has 0 saturated carbocycles. The Hall–Kier alpha value is -3.17. The van der Waals surface area contributed by atoms with Gasteiger partial charge in [-0.2, -0.15) is 13.2 Å². The number of aliphatic hydroxyl groups is 1. The summed E-state index contributed by atoms with van der Waals surface area (Å²) in [4.78, 5) is 23.5. The number of hydrogen-bond donors (Lipinski definition) is 2. The molecular formula is C25H27F3N4O2. The average molecular weight is 473 g/mol. The van der Waals surface area contributed by atoms with Crippen LogP contribution in [0.2, 0.25) is 0 Å². The highest BCUT2D eigenvalue weighted by Crippen LogP contribution is 2.39. The number of H-pyrrole nitrogens is 1. The van der Waals surface area contributed by atoms with Crippen molar-refractivity contribution in [2.24, 2.45) is 0 Å². The third kappa shape index (κ3) is 5.31. The Balaban J connectivity index is 1.31. The highest BCUT2D eigenvalue weighted by atomic mass is 19.4. The number of alkyl halides is 3. The zero-order valence-electron chi connectivity index (χ0n) is 18.8. The van der Waals surface area contributed by atoms with Gasteiger partial charge in [-0.1, -0.05) is 48.5 Å². The second kappa shape index (κ2) is 9.60. The van der Waals surface area contributed by atoms with Crippen molar-refractivity contribution in [1.82, 2.24) is 19.8 Å². The molecule has 6 nitrogen and oxygen atoms in total. The van der Waals surface area contributed by atoms with E-state index in [2.05, 4.69) is 14.9 Å². The van der Waals surface area contributed by atoms with Crippen LogP contribution in [0.3, 0.4) is 0 Å². The molecule has 1 saturated heterocycles. The molecule has 1 atom stereocenters. The van der Waals surface area contributed by atoms with Crippen LogP contribution in [0.4, 0.5) is 13.2 Å². The zero-order chi connectivity index (χ0) is 24.3. The number of piperazine rings is 1. The fourth-order valence-electron chi connectivity index (χ4n) is 4.02. The normalized spacial score (nSPS) is 16.9. The van der Waals surface area contributed by atoms with Gasteiger partial charge in [0.2, 0.25) is 5.91 Å². The van der Waals surface area contributed by atoms with Gasteiger partial charge >= 0.3 is 6.18 Å². The van der Waals surface area contributed by atoms with Crippen molar-refractivity contribution in [1.29, 1.82) is 0 Å². The monoisotopic (exact) mass is 472 g/mol. The van der Waals surface area contributed by atoms with E-state index >= 15 is 0 Å². The van der Waals surface area contributed by atoms with Crippen LogP contribution in [-0.2, 0) is 23.4 Å². The van der Waals surface area contributed by atoms with Gasteiger partial charge in [0.05, 0.1) is 12.7 Å². The summed E-state index contributed by atoms with van der Waals surface area (Å²) in [6.45, 7) is 4.45. The number of aromatic amines is 1. The van der Waals surface area contributed by atoms with Gasteiger partial charge in [0.15, 0.2) is 5.60 Å². The SMILES string of the molecule is CC(O)(c1ccc(-c2ccc(CN3CCN(C(=O)Cc4cnc[nH]4)CC3)cc2)cc1)C(F)(F)F. The van der Waals surface area contributed by atoms with E-state index < -0.39 is 11.8 Å². The summed E-state index contributed by atoms with van der Waals surface area (Å²) in [6, 6.07) is 13.7. The van der Waals surface area contributed by atoms with Gasteiger partial charge in [0.25, 0.3) is 0 Å². The number of amides is 1. The van der Waals surface area contributed by atoms with Crippen LogP contribution in [-0.4, -0.2) is 63.1 Å². The first-order valence-corrected chi connectivity index (χ1v) is 11.1. The number of carbonyl (C=O) groups excluding carboxylic acids is 1. The van der Waals surface area contributed by atoms with E-state index in [0.717, 1.165) is 48.9 Å². The number of aromatic nitrogens is 2. The highest BCUT2D eigenvalue weighted by Gasteiger charge is 2.51. The van der Waals surface area contributed by atoms with Crippen molar-refractivity contribution in [3.8, 4) is 11.1 Å². The fourth-order valence-corrected chi connectivity index (χ4v) is 4.02. The molecule has 9 heteroatoms. The Morgan fingerprint density at radius 3 is 2.12 bits per heavy atom. The minimum atomic E-state index is -4.74. The summed E-state index contributed by atoms with van der Waals surface area (Å²) in [6.07, 6.45) is -1.18. The molecule has 34 heavy (non-hydrogen) atoms. The lowest BCUT2D eigenvalue weighted by Gasteiger charge is -2.34. The van der Waals surface area contributed by atoms with Gasteiger partial charge < -0.3 is 15.0 Å². The molecule has 1 unspecified atom stereocenters. The third-order valence-corrected chi connectivity index (χ3v) is 6.31. The molecule has 0 spiro atoms. The van der Waals surface area contributed by atoms with E-state index in [1.807, 2.05) is 29.2 Å². The maximum absolute atomic E-state index is 13.0. The summed E-state index contributed by atoms with van der Waals surface area (Å²) < 4.78 is 39.1. The predicted molar refractivity (Wildman–Crippen MR) is 122 cm³/mol. The van der Waals surface area contributed by atoms with E-state index in [9.17, 15) is 23.1 Å². The maximum atomic E-state index is 13.0. The van der Waals surface area contributed by atoms with E-state index in [1.54, 1.807) is 24.7 Å². The molecule has 0 bridgehead atoms. The Kier molecular flexibility index (Phi) is 6.77. The largest absolute Gasteiger partial charge is 0.421 e. The predicted octanol–water partition coefficient (Wildman–Crippen LogP) is 3.73. The van der Waals surface area contributed by atoms with Crippen LogP contribution in [0.25, 0.3) is 11.1 Å². The fraction of sp³-hybridized carbons (Fsp3) is 0.360. The third-order valence-electron chi connectivity index (χ3n) is 6.31. The molecular weight excluding hydrogens is 445 g/mol.